The van der Waals surface area contributed by atoms with E-state index in [1.807, 2.05) is 0 Å². The highest BCUT2D eigenvalue weighted by Crippen LogP contribution is 2.65. The minimum Gasteiger partial charge on any atom is -0.310 e. The average Bonchev–Trinajstić information content (AvgIpc) is 3.91. The van der Waals surface area contributed by atoms with Crippen molar-refractivity contribution in [2.75, 3.05) is 4.90 Å². The molecule has 0 saturated carbocycles. The van der Waals surface area contributed by atoms with Crippen LogP contribution in [0.25, 0.3) is 98.4 Å². The Bertz CT molecular complexity index is 4150. The molecule has 0 amide bonds. The van der Waals surface area contributed by atoms with E-state index in [4.69, 9.17) is 0 Å². The van der Waals surface area contributed by atoms with E-state index in [1.54, 1.807) is 0 Å². The first-order valence-corrected chi connectivity index (χ1v) is 24.4. The molecule has 0 heterocycles. The molecule has 0 radical (unpaired) electrons. The summed E-state index contributed by atoms with van der Waals surface area (Å²) in [6.45, 7) is 0. The highest BCUT2D eigenvalue weighted by molar-refractivity contribution is 6.26. The van der Waals surface area contributed by atoms with Crippen molar-refractivity contribution in [1.29, 1.82) is 0 Å². The Labute approximate surface area is 406 Å². The third-order valence-electron chi connectivity index (χ3n) is 15.6. The Morgan fingerprint density at radius 2 is 0.686 bits per heavy atom. The summed E-state index contributed by atoms with van der Waals surface area (Å²) in [6, 6.07) is 97.9. The van der Waals surface area contributed by atoms with Crippen LogP contribution in [0.5, 0.6) is 0 Å². The van der Waals surface area contributed by atoms with Gasteiger partial charge in [0, 0.05) is 16.9 Å². The van der Waals surface area contributed by atoms with Crippen LogP contribution in [0.2, 0.25) is 0 Å². The summed E-state index contributed by atoms with van der Waals surface area (Å²) in [7, 11) is 0. The topological polar surface area (TPSA) is 3.24 Å². The van der Waals surface area contributed by atoms with E-state index < -0.39 is 5.41 Å². The molecule has 0 unspecified atom stereocenters. The van der Waals surface area contributed by atoms with Gasteiger partial charge in [0.25, 0.3) is 0 Å². The number of rotatable bonds is 5. The van der Waals surface area contributed by atoms with E-state index >= 15 is 0 Å². The summed E-state index contributed by atoms with van der Waals surface area (Å²) in [5.41, 5.74) is 18.0. The van der Waals surface area contributed by atoms with Crippen LogP contribution in [0.15, 0.2) is 261 Å². The Morgan fingerprint density at radius 1 is 0.243 bits per heavy atom. The molecule has 0 aromatic heterocycles. The molecule has 15 rings (SSSR count). The average molecular weight is 886 g/mol. The Morgan fingerprint density at radius 3 is 1.26 bits per heavy atom. The SMILES string of the molecule is c1ccc2c(c1)-c1ccccc1C21c2ccccc2-c2c(N(c3cc(-c4ccc5ccccc5c4)cc(-c4ccc5ccccc5c4)c3)c3ccc4c5ccccc5c5ccccc5c4c3)cccc21. The lowest BCUT2D eigenvalue weighted by atomic mass is 9.70. The number of hydrogen-bond acceptors (Lipinski definition) is 1. The monoisotopic (exact) mass is 885 g/mol. The van der Waals surface area contributed by atoms with Gasteiger partial charge in [-0.2, -0.15) is 0 Å². The van der Waals surface area contributed by atoms with E-state index in [-0.39, 0.29) is 0 Å². The van der Waals surface area contributed by atoms with Crippen molar-refractivity contribution >= 4 is 70.9 Å². The van der Waals surface area contributed by atoms with Gasteiger partial charge in [-0.15, -0.1) is 0 Å². The van der Waals surface area contributed by atoms with Gasteiger partial charge in [0.15, 0.2) is 0 Å². The summed E-state index contributed by atoms with van der Waals surface area (Å²) < 4.78 is 0. The Balaban J connectivity index is 1.06. The van der Waals surface area contributed by atoms with Crippen molar-refractivity contribution < 1.29 is 0 Å². The summed E-state index contributed by atoms with van der Waals surface area (Å²) in [6.07, 6.45) is 0. The number of anilines is 3. The van der Waals surface area contributed by atoms with Gasteiger partial charge in [-0.25, -0.2) is 0 Å². The highest BCUT2D eigenvalue weighted by Gasteiger charge is 2.52. The molecule has 70 heavy (non-hydrogen) atoms. The zero-order valence-electron chi connectivity index (χ0n) is 38.3. The minimum absolute atomic E-state index is 0.484. The molecule has 0 saturated heterocycles. The molecule has 13 aromatic rings. The first kappa shape index (κ1) is 39.0. The normalized spacial score (nSPS) is 13.0. The molecule has 0 atom stereocenters. The summed E-state index contributed by atoms with van der Waals surface area (Å²) in [5, 5.41) is 12.5. The van der Waals surface area contributed by atoms with Gasteiger partial charge in [0.1, 0.15) is 0 Å². The van der Waals surface area contributed by atoms with Crippen molar-refractivity contribution in [1.82, 2.24) is 0 Å². The van der Waals surface area contributed by atoms with Gasteiger partial charge in [-0.05, 0) is 164 Å². The van der Waals surface area contributed by atoms with Crippen LogP contribution in [0.1, 0.15) is 22.3 Å². The molecular weight excluding hydrogens is 843 g/mol. The van der Waals surface area contributed by atoms with E-state index in [0.29, 0.717) is 0 Å². The van der Waals surface area contributed by atoms with E-state index in [9.17, 15) is 0 Å². The van der Waals surface area contributed by atoms with Gasteiger partial charge < -0.3 is 4.90 Å². The standard InChI is InChI=1S/C69H43N/c1-3-18-46-38-48(34-32-44(46)16-1)50-40-51(49-35-33-45-17-2-4-19-47(45)39-49)42-53(41-50)70(52-36-37-58-56-22-6-5-20-54(56)55-21-7-8-23-57(55)62(58)43-52)67-31-15-30-66-68(67)61-26-11-14-29-65(61)69(66)63-27-12-9-24-59(63)60-25-10-13-28-64(60)69/h1-43H. The fourth-order valence-electron chi connectivity index (χ4n) is 12.6. The lowest BCUT2D eigenvalue weighted by Crippen LogP contribution is -2.26. The maximum atomic E-state index is 2.57. The first-order valence-electron chi connectivity index (χ1n) is 24.4. The number of nitrogens with zero attached hydrogens (tertiary/aromatic N) is 1. The molecule has 0 aliphatic heterocycles. The van der Waals surface area contributed by atoms with Gasteiger partial charge >= 0.3 is 0 Å². The lowest BCUT2D eigenvalue weighted by Gasteiger charge is -2.32. The highest BCUT2D eigenvalue weighted by atomic mass is 15.1. The third kappa shape index (κ3) is 5.55. The van der Waals surface area contributed by atoms with Gasteiger partial charge in [0.2, 0.25) is 0 Å². The molecule has 324 valence electrons. The fourth-order valence-corrected chi connectivity index (χ4v) is 12.6. The van der Waals surface area contributed by atoms with Crippen LogP contribution < -0.4 is 4.90 Å². The zero-order chi connectivity index (χ0) is 45.9. The quantitative estimate of drug-likeness (QED) is 0.156. The van der Waals surface area contributed by atoms with Crippen LogP contribution in [-0.4, -0.2) is 0 Å². The number of hydrogen-bond donors (Lipinski definition) is 0. The summed E-state index contributed by atoms with van der Waals surface area (Å²) >= 11 is 0. The predicted molar refractivity (Wildman–Crippen MR) is 296 cm³/mol. The largest absolute Gasteiger partial charge is 0.310 e. The van der Waals surface area contributed by atoms with Crippen LogP contribution in [0, 0.1) is 0 Å². The second-order valence-electron chi connectivity index (χ2n) is 19.1. The molecule has 2 aliphatic rings. The smallest absolute Gasteiger partial charge is 0.0726 e. The molecule has 1 nitrogen and oxygen atoms in total. The van der Waals surface area contributed by atoms with Crippen molar-refractivity contribution in [3.63, 3.8) is 0 Å². The van der Waals surface area contributed by atoms with Gasteiger partial charge in [0.05, 0.1) is 11.1 Å². The maximum Gasteiger partial charge on any atom is 0.0726 e. The number of fused-ring (bicyclic) bond motifs is 18. The van der Waals surface area contributed by atoms with Crippen molar-refractivity contribution in [2.45, 2.75) is 5.41 Å². The van der Waals surface area contributed by atoms with Crippen LogP contribution in [0.4, 0.5) is 17.1 Å². The van der Waals surface area contributed by atoms with E-state index in [2.05, 4.69) is 266 Å². The molecule has 13 aromatic carbocycles. The van der Waals surface area contributed by atoms with Crippen LogP contribution in [-0.2, 0) is 5.41 Å². The van der Waals surface area contributed by atoms with Gasteiger partial charge in [-0.3, -0.25) is 0 Å². The third-order valence-corrected chi connectivity index (χ3v) is 15.6. The second-order valence-corrected chi connectivity index (χ2v) is 19.1. The summed E-state index contributed by atoms with van der Waals surface area (Å²) in [4.78, 5) is 2.57. The van der Waals surface area contributed by atoms with Crippen molar-refractivity contribution in [3.8, 4) is 44.5 Å². The molecule has 1 spiro atoms. The zero-order valence-corrected chi connectivity index (χ0v) is 38.3. The molecule has 2 aliphatic carbocycles. The van der Waals surface area contributed by atoms with Crippen molar-refractivity contribution in [2.24, 2.45) is 0 Å². The Kier molecular flexibility index (Phi) is 8.35. The maximum absolute atomic E-state index is 2.57. The van der Waals surface area contributed by atoms with Gasteiger partial charge in [-0.1, -0.05) is 212 Å². The minimum atomic E-state index is -0.484. The van der Waals surface area contributed by atoms with E-state index in [0.717, 1.165) is 28.2 Å². The van der Waals surface area contributed by atoms with Crippen LogP contribution >= 0.6 is 0 Å². The molecule has 0 N–H and O–H groups in total. The lowest BCUT2D eigenvalue weighted by molar-refractivity contribution is 0.794. The summed E-state index contributed by atoms with van der Waals surface area (Å²) in [5.74, 6) is 0. The van der Waals surface area contributed by atoms with Crippen molar-refractivity contribution in [3.05, 3.63) is 283 Å². The second kappa shape index (κ2) is 15.0. The predicted octanol–water partition coefficient (Wildman–Crippen LogP) is 18.6. The van der Waals surface area contributed by atoms with Crippen LogP contribution in [0.3, 0.4) is 0 Å². The molecular formula is C69H43N. The molecule has 0 fully saturated rings. The molecule has 1 heteroatoms. The Hall–Kier alpha value is -9.04. The fraction of sp³-hybridized carbons (Fsp3) is 0.0145. The first-order chi connectivity index (χ1) is 34.7. The number of benzene rings is 13. The molecule has 0 bridgehead atoms. The van der Waals surface area contributed by atoms with E-state index in [1.165, 1.54) is 109 Å².